The molecule has 1 aromatic carbocycles. The Morgan fingerprint density at radius 1 is 1.45 bits per heavy atom. The molecule has 1 fully saturated rings. The van der Waals surface area contributed by atoms with E-state index in [4.69, 9.17) is 10.5 Å². The van der Waals surface area contributed by atoms with Gasteiger partial charge in [-0.1, -0.05) is 0 Å². The summed E-state index contributed by atoms with van der Waals surface area (Å²) >= 11 is 0. The predicted molar refractivity (Wildman–Crippen MR) is 70.2 cm³/mol. The molecule has 1 aliphatic rings. The quantitative estimate of drug-likeness (QED) is 0.866. The second-order valence-electron chi connectivity index (χ2n) is 5.20. The third-order valence-electron chi connectivity index (χ3n) is 3.64. The Bertz CT molecular complexity index is 562. The van der Waals surface area contributed by atoms with Gasteiger partial charge in [0.15, 0.2) is 0 Å². The molecule has 1 amide bonds. The third kappa shape index (κ3) is 3.56. The SMILES string of the molecule is C[C@H]1OCCN(Cc2cc(C(F)(F)F)ccc2F)[C@@H]1C(N)=O. The zero-order valence-electron chi connectivity index (χ0n) is 11.9. The second kappa shape index (κ2) is 6.21. The van der Waals surface area contributed by atoms with E-state index in [1.165, 1.54) is 4.90 Å². The number of hydrogen-bond acceptors (Lipinski definition) is 3. The Morgan fingerprint density at radius 2 is 2.14 bits per heavy atom. The van der Waals surface area contributed by atoms with Crippen LogP contribution in [0.2, 0.25) is 0 Å². The predicted octanol–water partition coefficient (Wildman–Crippen LogP) is 1.92. The number of nitrogens with two attached hydrogens (primary N) is 1. The molecular formula is C14H16F4N2O2. The highest BCUT2D eigenvalue weighted by atomic mass is 19.4. The topological polar surface area (TPSA) is 55.6 Å². The first-order valence-electron chi connectivity index (χ1n) is 6.70. The molecule has 4 nitrogen and oxygen atoms in total. The number of primary amides is 1. The fourth-order valence-corrected chi connectivity index (χ4v) is 2.56. The molecule has 8 heteroatoms. The fraction of sp³-hybridized carbons (Fsp3) is 0.500. The molecule has 1 aliphatic heterocycles. The van der Waals surface area contributed by atoms with Crippen molar-refractivity contribution in [3.63, 3.8) is 0 Å². The molecule has 122 valence electrons. The lowest BCUT2D eigenvalue weighted by molar-refractivity contribution is -0.139. The highest BCUT2D eigenvalue weighted by Crippen LogP contribution is 2.31. The molecule has 0 bridgehead atoms. The van der Waals surface area contributed by atoms with Crippen LogP contribution in [0, 0.1) is 5.82 Å². The molecule has 0 spiro atoms. The summed E-state index contributed by atoms with van der Waals surface area (Å²) in [6.45, 7) is 2.08. The molecule has 0 aromatic heterocycles. The van der Waals surface area contributed by atoms with Gasteiger partial charge in [-0.2, -0.15) is 13.2 Å². The fourth-order valence-electron chi connectivity index (χ4n) is 2.56. The monoisotopic (exact) mass is 320 g/mol. The first-order chi connectivity index (χ1) is 10.2. The molecule has 0 unspecified atom stereocenters. The molecule has 0 saturated carbocycles. The Balaban J connectivity index is 2.27. The number of morpholine rings is 1. The van der Waals surface area contributed by atoms with Gasteiger partial charge in [0.25, 0.3) is 0 Å². The molecule has 2 atom stereocenters. The molecule has 2 N–H and O–H groups in total. The van der Waals surface area contributed by atoms with Gasteiger partial charge >= 0.3 is 6.18 Å². The maximum Gasteiger partial charge on any atom is 0.416 e. The van der Waals surface area contributed by atoms with Crippen LogP contribution in [0.25, 0.3) is 0 Å². The first-order valence-corrected chi connectivity index (χ1v) is 6.70. The van der Waals surface area contributed by atoms with Crippen LogP contribution in [0.15, 0.2) is 18.2 Å². The van der Waals surface area contributed by atoms with Crippen molar-refractivity contribution in [2.75, 3.05) is 13.2 Å². The molecule has 1 aromatic rings. The van der Waals surface area contributed by atoms with Crippen LogP contribution in [0.4, 0.5) is 17.6 Å². The van der Waals surface area contributed by atoms with E-state index in [1.54, 1.807) is 6.92 Å². The number of amides is 1. The second-order valence-corrected chi connectivity index (χ2v) is 5.20. The van der Waals surface area contributed by atoms with Gasteiger partial charge in [-0.05, 0) is 25.1 Å². The molecule has 22 heavy (non-hydrogen) atoms. The number of ether oxygens (including phenoxy) is 1. The zero-order valence-corrected chi connectivity index (χ0v) is 11.9. The average Bonchev–Trinajstić information content (AvgIpc) is 2.39. The summed E-state index contributed by atoms with van der Waals surface area (Å²) in [6.07, 6.45) is -5.05. The van der Waals surface area contributed by atoms with Gasteiger partial charge in [0, 0.05) is 18.7 Å². The number of rotatable bonds is 3. The van der Waals surface area contributed by atoms with Crippen molar-refractivity contribution in [2.45, 2.75) is 31.8 Å². The van der Waals surface area contributed by atoms with Gasteiger partial charge in [-0.15, -0.1) is 0 Å². The molecule has 0 aliphatic carbocycles. The standard InChI is InChI=1S/C14H16F4N2O2/c1-8-12(13(19)21)20(4-5-22-8)7-9-6-10(14(16,17)18)2-3-11(9)15/h2-3,6,8,12H,4-5,7H2,1H3,(H2,19,21)/t8-,12+/m1/s1. The minimum atomic E-state index is -4.55. The number of hydrogen-bond donors (Lipinski definition) is 1. The lowest BCUT2D eigenvalue weighted by atomic mass is 10.0. The van der Waals surface area contributed by atoms with E-state index in [9.17, 15) is 22.4 Å². The maximum atomic E-state index is 13.8. The Labute approximate surface area is 124 Å². The van der Waals surface area contributed by atoms with Crippen molar-refractivity contribution in [1.82, 2.24) is 4.90 Å². The summed E-state index contributed by atoms with van der Waals surface area (Å²) in [4.78, 5) is 13.0. The molecule has 0 radical (unpaired) electrons. The number of carbonyl (C=O) groups excluding carboxylic acids is 1. The van der Waals surface area contributed by atoms with Crippen molar-refractivity contribution >= 4 is 5.91 Å². The highest BCUT2D eigenvalue weighted by molar-refractivity contribution is 5.80. The van der Waals surface area contributed by atoms with E-state index in [2.05, 4.69) is 0 Å². The van der Waals surface area contributed by atoms with E-state index in [-0.39, 0.29) is 18.7 Å². The highest BCUT2D eigenvalue weighted by Gasteiger charge is 2.35. The molecule has 1 heterocycles. The van der Waals surface area contributed by atoms with E-state index < -0.39 is 35.6 Å². The van der Waals surface area contributed by atoms with Gasteiger partial charge in [0.05, 0.1) is 18.3 Å². The van der Waals surface area contributed by atoms with E-state index in [0.29, 0.717) is 12.7 Å². The van der Waals surface area contributed by atoms with Crippen molar-refractivity contribution in [1.29, 1.82) is 0 Å². The Morgan fingerprint density at radius 3 is 2.73 bits per heavy atom. The number of carbonyl (C=O) groups is 1. The lowest BCUT2D eigenvalue weighted by Gasteiger charge is -2.38. The van der Waals surface area contributed by atoms with Gasteiger partial charge in [0.2, 0.25) is 5.91 Å². The zero-order chi connectivity index (χ0) is 16.5. The minimum Gasteiger partial charge on any atom is -0.375 e. The van der Waals surface area contributed by atoms with Gasteiger partial charge in [0.1, 0.15) is 11.9 Å². The van der Waals surface area contributed by atoms with Gasteiger partial charge in [-0.25, -0.2) is 4.39 Å². The summed E-state index contributed by atoms with van der Waals surface area (Å²) < 4.78 is 57.3. The van der Waals surface area contributed by atoms with Crippen LogP contribution < -0.4 is 5.73 Å². The van der Waals surface area contributed by atoms with Crippen molar-refractivity contribution in [2.24, 2.45) is 5.73 Å². The van der Waals surface area contributed by atoms with Crippen molar-refractivity contribution in [3.8, 4) is 0 Å². The van der Waals surface area contributed by atoms with Crippen LogP contribution in [0.3, 0.4) is 0 Å². The third-order valence-corrected chi connectivity index (χ3v) is 3.64. The summed E-state index contributed by atoms with van der Waals surface area (Å²) in [5.41, 5.74) is 4.25. The van der Waals surface area contributed by atoms with Crippen LogP contribution in [-0.4, -0.2) is 36.1 Å². The number of nitrogens with zero attached hydrogens (tertiary/aromatic N) is 1. The van der Waals surface area contributed by atoms with E-state index in [0.717, 1.165) is 12.1 Å². The van der Waals surface area contributed by atoms with Gasteiger partial charge < -0.3 is 10.5 Å². The smallest absolute Gasteiger partial charge is 0.375 e. The van der Waals surface area contributed by atoms with E-state index >= 15 is 0 Å². The van der Waals surface area contributed by atoms with Crippen LogP contribution in [0.5, 0.6) is 0 Å². The van der Waals surface area contributed by atoms with Crippen molar-refractivity contribution < 1.29 is 27.1 Å². The Hall–Kier alpha value is -1.67. The number of alkyl halides is 3. The van der Waals surface area contributed by atoms with E-state index in [1.807, 2.05) is 0 Å². The first kappa shape index (κ1) is 16.7. The average molecular weight is 320 g/mol. The molecule has 1 saturated heterocycles. The summed E-state index contributed by atoms with van der Waals surface area (Å²) in [6, 6.07) is 1.42. The van der Waals surface area contributed by atoms with Crippen LogP contribution >= 0.6 is 0 Å². The normalized spacial score (nSPS) is 23.5. The van der Waals surface area contributed by atoms with Crippen LogP contribution in [0.1, 0.15) is 18.1 Å². The Kier molecular flexibility index (Phi) is 4.72. The largest absolute Gasteiger partial charge is 0.416 e. The summed E-state index contributed by atoms with van der Waals surface area (Å²) in [5.74, 6) is -1.41. The summed E-state index contributed by atoms with van der Waals surface area (Å²) in [7, 11) is 0. The molecule has 2 rings (SSSR count). The number of benzene rings is 1. The summed E-state index contributed by atoms with van der Waals surface area (Å²) in [5, 5.41) is 0. The van der Waals surface area contributed by atoms with Gasteiger partial charge in [-0.3, -0.25) is 9.69 Å². The molecular weight excluding hydrogens is 304 g/mol. The van der Waals surface area contributed by atoms with Crippen molar-refractivity contribution in [3.05, 3.63) is 35.1 Å². The van der Waals surface area contributed by atoms with Crippen LogP contribution in [-0.2, 0) is 22.3 Å². The maximum absolute atomic E-state index is 13.8. The number of halogens is 4. The minimum absolute atomic E-state index is 0.129. The lowest BCUT2D eigenvalue weighted by Crippen LogP contribution is -2.56.